The number of benzene rings is 1. The van der Waals surface area contributed by atoms with Crippen LogP contribution in [0, 0.1) is 0 Å². The number of hydrazine groups is 1. The lowest BCUT2D eigenvalue weighted by Gasteiger charge is -2.20. The second-order valence-corrected chi connectivity index (χ2v) is 4.75. The summed E-state index contributed by atoms with van der Waals surface area (Å²) in [6.45, 7) is 1.90. The van der Waals surface area contributed by atoms with E-state index in [0.717, 1.165) is 5.39 Å². The van der Waals surface area contributed by atoms with E-state index in [4.69, 9.17) is 5.84 Å². The predicted octanol–water partition coefficient (Wildman–Crippen LogP) is 0.973. The van der Waals surface area contributed by atoms with E-state index >= 15 is 0 Å². The van der Waals surface area contributed by atoms with E-state index in [1.807, 2.05) is 24.3 Å². The van der Waals surface area contributed by atoms with Crippen LogP contribution < -0.4 is 11.3 Å². The van der Waals surface area contributed by atoms with Crippen molar-refractivity contribution in [2.24, 2.45) is 5.84 Å². The number of amides is 1. The number of carbonyl (C=O) groups excluding carboxylic acids is 1. The third-order valence-electron chi connectivity index (χ3n) is 2.98. The van der Waals surface area contributed by atoms with Crippen molar-refractivity contribution in [2.45, 2.75) is 13.0 Å². The summed E-state index contributed by atoms with van der Waals surface area (Å²) >= 11 is 0. The summed E-state index contributed by atoms with van der Waals surface area (Å²) in [5.41, 5.74) is 3.66. The molecule has 1 heterocycles. The molecular weight excluding hydrogens is 256 g/mol. The van der Waals surface area contributed by atoms with Crippen LogP contribution in [0.1, 0.15) is 17.3 Å². The fourth-order valence-corrected chi connectivity index (χ4v) is 2.11. The number of nitrogens with one attached hydrogen (secondary N) is 1. The van der Waals surface area contributed by atoms with E-state index in [1.165, 1.54) is 4.90 Å². The summed E-state index contributed by atoms with van der Waals surface area (Å²) in [6.07, 6.45) is -0.579. The molecule has 106 valence electrons. The van der Waals surface area contributed by atoms with Gasteiger partial charge in [0.15, 0.2) is 0 Å². The fourth-order valence-electron chi connectivity index (χ4n) is 2.11. The summed E-state index contributed by atoms with van der Waals surface area (Å²) in [4.78, 5) is 18.3. The first-order valence-corrected chi connectivity index (χ1v) is 6.33. The lowest BCUT2D eigenvalue weighted by atomic mass is 10.1. The largest absolute Gasteiger partial charge is 0.392 e. The first-order valence-electron chi connectivity index (χ1n) is 6.33. The van der Waals surface area contributed by atoms with Crippen molar-refractivity contribution in [1.82, 2.24) is 9.88 Å². The van der Waals surface area contributed by atoms with Crippen molar-refractivity contribution >= 4 is 22.6 Å². The van der Waals surface area contributed by atoms with Gasteiger partial charge in [-0.05, 0) is 19.1 Å². The van der Waals surface area contributed by atoms with Crippen LogP contribution in [0.25, 0.3) is 10.9 Å². The molecule has 1 aromatic heterocycles. The Labute approximate surface area is 117 Å². The second kappa shape index (κ2) is 5.85. The van der Waals surface area contributed by atoms with Crippen LogP contribution in [0.4, 0.5) is 5.82 Å². The van der Waals surface area contributed by atoms with Crippen LogP contribution in [0.5, 0.6) is 0 Å². The maximum atomic E-state index is 12.5. The monoisotopic (exact) mass is 274 g/mol. The van der Waals surface area contributed by atoms with Gasteiger partial charge in [0.05, 0.1) is 17.2 Å². The Morgan fingerprint density at radius 2 is 2.20 bits per heavy atom. The van der Waals surface area contributed by atoms with Crippen LogP contribution >= 0.6 is 0 Å². The minimum absolute atomic E-state index is 0.180. The minimum atomic E-state index is -0.579. The maximum Gasteiger partial charge on any atom is 0.254 e. The topological polar surface area (TPSA) is 91.5 Å². The van der Waals surface area contributed by atoms with E-state index in [0.29, 0.717) is 16.9 Å². The Balaban J connectivity index is 2.49. The van der Waals surface area contributed by atoms with Gasteiger partial charge in [-0.25, -0.2) is 10.8 Å². The molecule has 6 nitrogen and oxygen atoms in total. The number of hydrogen-bond acceptors (Lipinski definition) is 5. The first-order chi connectivity index (χ1) is 9.52. The quantitative estimate of drug-likeness (QED) is 0.571. The molecule has 2 aromatic rings. The molecule has 0 saturated heterocycles. The first kappa shape index (κ1) is 14.2. The summed E-state index contributed by atoms with van der Waals surface area (Å²) in [5.74, 6) is 5.64. The van der Waals surface area contributed by atoms with Crippen molar-refractivity contribution in [2.75, 3.05) is 19.0 Å². The molecule has 0 aliphatic rings. The number of nitrogen functional groups attached to an aromatic ring is 1. The van der Waals surface area contributed by atoms with E-state index in [-0.39, 0.29) is 12.5 Å². The number of pyridine rings is 1. The zero-order chi connectivity index (χ0) is 14.7. The van der Waals surface area contributed by atoms with Crippen LogP contribution in [0.3, 0.4) is 0 Å². The molecule has 0 aliphatic heterocycles. The van der Waals surface area contributed by atoms with Gasteiger partial charge in [0.2, 0.25) is 0 Å². The van der Waals surface area contributed by atoms with Gasteiger partial charge in [0, 0.05) is 19.0 Å². The summed E-state index contributed by atoms with van der Waals surface area (Å²) in [7, 11) is 1.65. The normalized spacial score (nSPS) is 12.2. The number of fused-ring (bicyclic) bond motifs is 1. The Morgan fingerprint density at radius 3 is 2.85 bits per heavy atom. The van der Waals surface area contributed by atoms with Crippen LogP contribution in [-0.2, 0) is 0 Å². The predicted molar refractivity (Wildman–Crippen MR) is 78.2 cm³/mol. The zero-order valence-corrected chi connectivity index (χ0v) is 11.5. The molecule has 1 unspecified atom stereocenters. The van der Waals surface area contributed by atoms with E-state index in [1.54, 1.807) is 20.0 Å². The highest BCUT2D eigenvalue weighted by Gasteiger charge is 2.17. The lowest BCUT2D eigenvalue weighted by Crippen LogP contribution is -2.33. The minimum Gasteiger partial charge on any atom is -0.392 e. The highest BCUT2D eigenvalue weighted by Crippen LogP contribution is 2.21. The van der Waals surface area contributed by atoms with Crippen LogP contribution in [0.2, 0.25) is 0 Å². The number of carbonyl (C=O) groups is 1. The molecule has 0 saturated carbocycles. The van der Waals surface area contributed by atoms with Crippen LogP contribution in [-0.4, -0.2) is 40.6 Å². The highest BCUT2D eigenvalue weighted by atomic mass is 16.3. The van der Waals surface area contributed by atoms with Gasteiger partial charge in [-0.15, -0.1) is 0 Å². The van der Waals surface area contributed by atoms with Gasteiger partial charge < -0.3 is 15.4 Å². The number of hydrogen-bond donors (Lipinski definition) is 3. The molecule has 0 radical (unpaired) electrons. The van der Waals surface area contributed by atoms with Gasteiger partial charge in [-0.1, -0.05) is 18.2 Å². The second-order valence-electron chi connectivity index (χ2n) is 4.75. The molecule has 20 heavy (non-hydrogen) atoms. The number of aliphatic hydroxyl groups excluding tert-OH is 1. The third-order valence-corrected chi connectivity index (χ3v) is 2.98. The van der Waals surface area contributed by atoms with Crippen LogP contribution in [0.15, 0.2) is 30.3 Å². The molecule has 0 aliphatic carbocycles. The van der Waals surface area contributed by atoms with E-state index in [2.05, 4.69) is 10.4 Å². The van der Waals surface area contributed by atoms with Crippen molar-refractivity contribution in [3.63, 3.8) is 0 Å². The molecule has 0 spiro atoms. The van der Waals surface area contributed by atoms with Gasteiger partial charge in [-0.3, -0.25) is 4.79 Å². The average molecular weight is 274 g/mol. The highest BCUT2D eigenvalue weighted by molar-refractivity contribution is 6.06. The molecule has 4 N–H and O–H groups in total. The Bertz CT molecular complexity index is 628. The Morgan fingerprint density at radius 1 is 1.50 bits per heavy atom. The fraction of sp³-hybridized carbons (Fsp3) is 0.286. The average Bonchev–Trinajstić information content (AvgIpc) is 2.44. The third kappa shape index (κ3) is 2.87. The summed E-state index contributed by atoms with van der Waals surface area (Å²) in [6, 6.07) is 8.98. The molecule has 1 amide bonds. The summed E-state index contributed by atoms with van der Waals surface area (Å²) < 4.78 is 0. The lowest BCUT2D eigenvalue weighted by molar-refractivity contribution is 0.0705. The number of rotatable bonds is 4. The van der Waals surface area contributed by atoms with E-state index < -0.39 is 6.10 Å². The van der Waals surface area contributed by atoms with Gasteiger partial charge in [0.25, 0.3) is 5.91 Å². The van der Waals surface area contributed by atoms with Gasteiger partial charge >= 0.3 is 0 Å². The zero-order valence-electron chi connectivity index (χ0n) is 11.5. The number of aliphatic hydroxyl groups is 1. The number of para-hydroxylation sites is 1. The number of anilines is 1. The standard InChI is InChI=1S/C14H18N4O2/c1-9(19)8-18(2)14(20)11-7-13(17-15)16-12-6-4-3-5-10(11)12/h3-7,9,19H,8,15H2,1-2H3,(H,16,17). The van der Waals surface area contributed by atoms with Gasteiger partial charge in [-0.2, -0.15) is 0 Å². The van der Waals surface area contributed by atoms with Crippen molar-refractivity contribution in [1.29, 1.82) is 0 Å². The Hall–Kier alpha value is -2.18. The molecule has 1 atom stereocenters. The van der Waals surface area contributed by atoms with Crippen molar-refractivity contribution in [3.8, 4) is 0 Å². The Kier molecular flexibility index (Phi) is 4.16. The molecular formula is C14H18N4O2. The summed E-state index contributed by atoms with van der Waals surface area (Å²) in [5, 5.41) is 10.2. The molecule has 0 bridgehead atoms. The number of likely N-dealkylation sites (N-methyl/N-ethyl adjacent to an activating group) is 1. The van der Waals surface area contributed by atoms with Gasteiger partial charge in [0.1, 0.15) is 5.82 Å². The molecule has 6 heteroatoms. The number of nitrogens with zero attached hydrogens (tertiary/aromatic N) is 2. The van der Waals surface area contributed by atoms with Crippen molar-refractivity contribution in [3.05, 3.63) is 35.9 Å². The molecule has 1 aromatic carbocycles. The molecule has 0 fully saturated rings. The maximum absolute atomic E-state index is 12.5. The van der Waals surface area contributed by atoms with Crippen molar-refractivity contribution < 1.29 is 9.90 Å². The SMILES string of the molecule is CC(O)CN(C)C(=O)c1cc(NN)nc2ccccc12. The molecule has 2 rings (SSSR count). The smallest absolute Gasteiger partial charge is 0.254 e. The number of nitrogens with two attached hydrogens (primary N) is 1. The van der Waals surface area contributed by atoms with E-state index in [9.17, 15) is 9.90 Å². The number of aromatic nitrogens is 1.